The summed E-state index contributed by atoms with van der Waals surface area (Å²) in [7, 11) is 0. The summed E-state index contributed by atoms with van der Waals surface area (Å²) in [4.78, 5) is 31.8. The van der Waals surface area contributed by atoms with Crippen molar-refractivity contribution in [1.82, 2.24) is 29.8 Å². The summed E-state index contributed by atoms with van der Waals surface area (Å²) in [5, 5.41) is 19.8. The van der Waals surface area contributed by atoms with Crippen LogP contribution in [0.5, 0.6) is 0 Å². The van der Waals surface area contributed by atoms with Gasteiger partial charge >= 0.3 is 0 Å². The molecule has 232 valence electrons. The molecule has 3 aliphatic rings. The summed E-state index contributed by atoms with van der Waals surface area (Å²) in [5.41, 5.74) is 1.40. The van der Waals surface area contributed by atoms with Gasteiger partial charge in [0, 0.05) is 75.2 Å². The lowest BCUT2D eigenvalue weighted by molar-refractivity contribution is -0.161. The zero-order chi connectivity index (χ0) is 30.2. The number of alkyl halides is 2. The first-order valence-corrected chi connectivity index (χ1v) is 15.6. The van der Waals surface area contributed by atoms with Crippen LogP contribution in [0.3, 0.4) is 0 Å². The van der Waals surface area contributed by atoms with Gasteiger partial charge in [-0.25, -0.2) is 8.78 Å². The summed E-state index contributed by atoms with van der Waals surface area (Å²) in [5.74, 6) is -5.07. The van der Waals surface area contributed by atoms with Crippen LogP contribution in [0.4, 0.5) is 8.78 Å². The fourth-order valence-corrected chi connectivity index (χ4v) is 7.34. The molecule has 0 spiro atoms. The van der Waals surface area contributed by atoms with E-state index in [1.165, 1.54) is 4.90 Å². The minimum atomic E-state index is -3.04. The van der Waals surface area contributed by atoms with Crippen LogP contribution in [-0.2, 0) is 4.79 Å². The van der Waals surface area contributed by atoms with Crippen molar-refractivity contribution in [2.45, 2.75) is 96.0 Å². The molecule has 0 saturated carbocycles. The van der Waals surface area contributed by atoms with Crippen molar-refractivity contribution in [1.29, 1.82) is 0 Å². The molecular formula is C31H46F2N6O3. The highest BCUT2D eigenvalue weighted by atomic mass is 19.3. The van der Waals surface area contributed by atoms with Crippen molar-refractivity contribution in [2.75, 3.05) is 39.3 Å². The quantitative estimate of drug-likeness (QED) is 0.441. The molecule has 3 saturated heterocycles. The van der Waals surface area contributed by atoms with Gasteiger partial charge in [-0.05, 0) is 59.4 Å². The number of amides is 2. The van der Waals surface area contributed by atoms with Gasteiger partial charge < -0.3 is 15.3 Å². The Bertz CT molecular complexity index is 1250. The largest absolute Gasteiger partial charge is 0.390 e. The second kappa shape index (κ2) is 12.5. The number of β-amino-alcohol motifs (C(OH)–C–C–N with tert-alkyl or cyclic N) is 1. The average Bonchev–Trinajstić information content (AvgIpc) is 3.44. The lowest BCUT2D eigenvalue weighted by Gasteiger charge is -2.42. The molecule has 0 radical (unpaired) electrons. The number of nitrogens with one attached hydrogen (secondary N) is 1. The lowest BCUT2D eigenvalue weighted by atomic mass is 9.91. The Morgan fingerprint density at radius 3 is 2.43 bits per heavy atom. The van der Waals surface area contributed by atoms with Gasteiger partial charge in [0.25, 0.3) is 11.8 Å². The monoisotopic (exact) mass is 588 g/mol. The highest BCUT2D eigenvalue weighted by Crippen LogP contribution is 2.37. The predicted molar refractivity (Wildman–Crippen MR) is 158 cm³/mol. The maximum atomic E-state index is 14.7. The number of aliphatic hydroxyl groups is 1. The topological polar surface area (TPSA) is 93.9 Å². The SMILES string of the molecule is CCN(CC)C(=O)C1CN(CC(O)CN2[C@@H]3CC[C@H]2CC(NC(=O)c2nn(C(C)C)c4ccccc24)C3)CCC1(F)F. The van der Waals surface area contributed by atoms with Crippen LogP contribution in [0, 0.1) is 5.92 Å². The first-order valence-electron chi connectivity index (χ1n) is 15.6. The normalized spacial score (nSPS) is 27.0. The molecule has 1 aromatic heterocycles. The molecule has 9 nitrogen and oxygen atoms in total. The molecule has 3 unspecified atom stereocenters. The maximum Gasteiger partial charge on any atom is 0.272 e. The Hall–Kier alpha value is -2.63. The smallest absolute Gasteiger partial charge is 0.272 e. The molecule has 3 aliphatic heterocycles. The average molecular weight is 589 g/mol. The van der Waals surface area contributed by atoms with E-state index in [0.29, 0.717) is 25.3 Å². The molecule has 2 amide bonds. The number of fused-ring (bicyclic) bond motifs is 3. The third-order valence-corrected chi connectivity index (χ3v) is 9.51. The van der Waals surface area contributed by atoms with Gasteiger partial charge in [-0.2, -0.15) is 5.10 Å². The van der Waals surface area contributed by atoms with Crippen molar-refractivity contribution in [3.05, 3.63) is 30.0 Å². The van der Waals surface area contributed by atoms with Crippen LogP contribution in [0.25, 0.3) is 10.9 Å². The van der Waals surface area contributed by atoms with Gasteiger partial charge in [0.2, 0.25) is 5.91 Å². The molecule has 3 fully saturated rings. The highest BCUT2D eigenvalue weighted by Gasteiger charge is 2.49. The van der Waals surface area contributed by atoms with E-state index in [1.54, 1.807) is 13.8 Å². The summed E-state index contributed by atoms with van der Waals surface area (Å²) >= 11 is 0. The molecule has 5 atom stereocenters. The molecule has 0 aliphatic carbocycles. The number of carbonyl (C=O) groups excluding carboxylic acids is 2. The second-order valence-corrected chi connectivity index (χ2v) is 12.6. The minimum Gasteiger partial charge on any atom is -0.390 e. The number of likely N-dealkylation sites (tertiary alicyclic amines) is 1. The number of piperidine rings is 2. The van der Waals surface area contributed by atoms with Crippen LogP contribution in [0.2, 0.25) is 0 Å². The summed E-state index contributed by atoms with van der Waals surface area (Å²) in [6.45, 7) is 9.35. The van der Waals surface area contributed by atoms with Gasteiger partial charge in [0.15, 0.2) is 5.69 Å². The Morgan fingerprint density at radius 1 is 1.12 bits per heavy atom. The molecule has 1 aromatic carbocycles. The number of benzene rings is 1. The van der Waals surface area contributed by atoms with Crippen LogP contribution in [0.15, 0.2) is 24.3 Å². The zero-order valence-electron chi connectivity index (χ0n) is 25.3. The Labute approximate surface area is 247 Å². The lowest BCUT2D eigenvalue weighted by Crippen LogP contribution is -2.56. The van der Waals surface area contributed by atoms with E-state index in [-0.39, 0.29) is 56.1 Å². The number of hydrogen-bond donors (Lipinski definition) is 2. The zero-order valence-corrected chi connectivity index (χ0v) is 25.3. The standard InChI is InChI=1S/C31H46F2N6O3/c1-5-37(6-2)30(42)26-19-36(14-13-31(26,32)33)17-24(40)18-38-22-11-12-23(38)16-21(15-22)34-29(41)28-25-9-7-8-10-27(25)39(35-28)20(3)4/h7-10,20-24,26,40H,5-6,11-19H2,1-4H3,(H,34,41)/t21?,22-,23+,24?,26?. The van der Waals surface area contributed by atoms with Crippen LogP contribution < -0.4 is 5.32 Å². The van der Waals surface area contributed by atoms with Crippen molar-refractivity contribution >= 4 is 22.7 Å². The van der Waals surface area contributed by atoms with Gasteiger partial charge in [-0.3, -0.25) is 24.1 Å². The van der Waals surface area contributed by atoms with E-state index >= 15 is 0 Å². The van der Waals surface area contributed by atoms with E-state index in [4.69, 9.17) is 0 Å². The summed E-state index contributed by atoms with van der Waals surface area (Å²) < 4.78 is 31.3. The fraction of sp³-hybridized carbons (Fsp3) is 0.710. The predicted octanol–water partition coefficient (Wildman–Crippen LogP) is 3.53. The fourth-order valence-electron chi connectivity index (χ4n) is 7.34. The van der Waals surface area contributed by atoms with Gasteiger partial charge in [0.1, 0.15) is 5.92 Å². The maximum absolute atomic E-state index is 14.7. The molecule has 5 rings (SSSR count). The highest BCUT2D eigenvalue weighted by molar-refractivity contribution is 6.05. The Balaban J connectivity index is 1.17. The number of carbonyl (C=O) groups is 2. The molecule has 42 heavy (non-hydrogen) atoms. The number of rotatable bonds is 10. The third-order valence-electron chi connectivity index (χ3n) is 9.51. The van der Waals surface area contributed by atoms with E-state index in [0.717, 1.165) is 36.6 Å². The van der Waals surface area contributed by atoms with Crippen LogP contribution in [-0.4, -0.2) is 111 Å². The molecule has 11 heteroatoms. The molecule has 2 aromatic rings. The number of halogens is 2. The number of para-hydroxylation sites is 1. The molecule has 4 heterocycles. The van der Waals surface area contributed by atoms with E-state index in [9.17, 15) is 23.5 Å². The van der Waals surface area contributed by atoms with Crippen molar-refractivity contribution < 1.29 is 23.5 Å². The van der Waals surface area contributed by atoms with Gasteiger partial charge in [-0.15, -0.1) is 0 Å². The molecule has 2 N–H and O–H groups in total. The Morgan fingerprint density at radius 2 is 1.79 bits per heavy atom. The van der Waals surface area contributed by atoms with Crippen molar-refractivity contribution in [3.8, 4) is 0 Å². The summed E-state index contributed by atoms with van der Waals surface area (Å²) in [6, 6.07) is 8.47. The molecular weight excluding hydrogens is 542 g/mol. The molecule has 2 bridgehead atoms. The number of nitrogens with zero attached hydrogens (tertiary/aromatic N) is 5. The first-order chi connectivity index (χ1) is 20.0. The second-order valence-electron chi connectivity index (χ2n) is 12.6. The van der Waals surface area contributed by atoms with E-state index in [1.807, 2.05) is 47.7 Å². The van der Waals surface area contributed by atoms with E-state index < -0.39 is 23.9 Å². The van der Waals surface area contributed by atoms with E-state index in [2.05, 4.69) is 15.3 Å². The first kappa shape index (κ1) is 30.8. The van der Waals surface area contributed by atoms with Crippen LogP contribution >= 0.6 is 0 Å². The number of aromatic nitrogens is 2. The Kier molecular flexibility index (Phi) is 9.20. The van der Waals surface area contributed by atoms with Crippen molar-refractivity contribution in [3.63, 3.8) is 0 Å². The van der Waals surface area contributed by atoms with Gasteiger partial charge in [0.05, 0.1) is 11.6 Å². The number of aliphatic hydroxyl groups excluding tert-OH is 1. The van der Waals surface area contributed by atoms with Crippen molar-refractivity contribution in [2.24, 2.45) is 5.92 Å². The van der Waals surface area contributed by atoms with Gasteiger partial charge in [-0.1, -0.05) is 18.2 Å². The number of hydrogen-bond acceptors (Lipinski definition) is 6. The third kappa shape index (κ3) is 6.19. The van der Waals surface area contributed by atoms with Crippen LogP contribution in [0.1, 0.15) is 76.3 Å². The minimum absolute atomic E-state index is 0.0301. The summed E-state index contributed by atoms with van der Waals surface area (Å²) in [6.07, 6.45) is 2.53.